The molecule has 126 valence electrons. The molecule has 6 nitrogen and oxygen atoms in total. The SMILES string of the molecule is CCCOc1cccc(C(=O)N2CCN(c3ncccn3)CC2)c1. The summed E-state index contributed by atoms with van der Waals surface area (Å²) < 4.78 is 5.61. The summed E-state index contributed by atoms with van der Waals surface area (Å²) >= 11 is 0. The lowest BCUT2D eigenvalue weighted by Crippen LogP contribution is -2.49. The standard InChI is InChI=1S/C18H22N4O2/c1-2-13-24-16-6-3-5-15(14-16)17(23)21-9-11-22(12-10-21)18-19-7-4-8-20-18/h3-8,14H,2,9-13H2,1H3. The van der Waals surface area contributed by atoms with Crippen LogP contribution in [0.3, 0.4) is 0 Å². The summed E-state index contributed by atoms with van der Waals surface area (Å²) in [7, 11) is 0. The van der Waals surface area contributed by atoms with Crippen molar-refractivity contribution in [3.05, 3.63) is 48.3 Å². The quantitative estimate of drug-likeness (QED) is 0.843. The largest absolute Gasteiger partial charge is 0.494 e. The van der Waals surface area contributed by atoms with Crippen molar-refractivity contribution in [1.29, 1.82) is 0 Å². The van der Waals surface area contributed by atoms with E-state index in [1.165, 1.54) is 0 Å². The molecule has 0 bridgehead atoms. The Morgan fingerprint density at radius 1 is 1.12 bits per heavy atom. The van der Waals surface area contributed by atoms with E-state index in [4.69, 9.17) is 4.74 Å². The van der Waals surface area contributed by atoms with E-state index in [9.17, 15) is 4.79 Å². The van der Waals surface area contributed by atoms with Crippen LogP contribution >= 0.6 is 0 Å². The van der Waals surface area contributed by atoms with Gasteiger partial charge in [0.15, 0.2) is 0 Å². The minimum absolute atomic E-state index is 0.0468. The first-order valence-electron chi connectivity index (χ1n) is 8.32. The van der Waals surface area contributed by atoms with Gasteiger partial charge in [-0.1, -0.05) is 13.0 Å². The maximum Gasteiger partial charge on any atom is 0.254 e. The molecule has 0 radical (unpaired) electrons. The fourth-order valence-corrected chi connectivity index (χ4v) is 2.69. The first kappa shape index (κ1) is 16.2. The summed E-state index contributed by atoms with van der Waals surface area (Å²) in [6.07, 6.45) is 4.42. The van der Waals surface area contributed by atoms with Crippen molar-refractivity contribution in [1.82, 2.24) is 14.9 Å². The van der Waals surface area contributed by atoms with E-state index >= 15 is 0 Å². The molecule has 0 atom stereocenters. The van der Waals surface area contributed by atoms with Crippen LogP contribution in [0.15, 0.2) is 42.7 Å². The van der Waals surface area contributed by atoms with Crippen LogP contribution in [0, 0.1) is 0 Å². The van der Waals surface area contributed by atoms with Gasteiger partial charge in [-0.3, -0.25) is 4.79 Å². The second-order valence-corrected chi connectivity index (χ2v) is 5.70. The summed E-state index contributed by atoms with van der Waals surface area (Å²) in [5.41, 5.74) is 0.674. The third-order valence-corrected chi connectivity index (χ3v) is 3.96. The van der Waals surface area contributed by atoms with E-state index in [-0.39, 0.29) is 5.91 Å². The third-order valence-electron chi connectivity index (χ3n) is 3.96. The molecule has 2 aromatic rings. The van der Waals surface area contributed by atoms with Crippen LogP contribution in [0.1, 0.15) is 23.7 Å². The van der Waals surface area contributed by atoms with Gasteiger partial charge in [0.1, 0.15) is 5.75 Å². The second kappa shape index (κ2) is 7.77. The highest BCUT2D eigenvalue weighted by Gasteiger charge is 2.23. The predicted octanol–water partition coefficient (Wildman–Crippen LogP) is 2.23. The lowest BCUT2D eigenvalue weighted by atomic mass is 10.1. The van der Waals surface area contributed by atoms with Gasteiger partial charge in [-0.2, -0.15) is 0 Å². The maximum atomic E-state index is 12.7. The van der Waals surface area contributed by atoms with Gasteiger partial charge in [0.25, 0.3) is 5.91 Å². The maximum absolute atomic E-state index is 12.7. The number of hydrogen-bond donors (Lipinski definition) is 0. The monoisotopic (exact) mass is 326 g/mol. The molecule has 1 aromatic carbocycles. The number of amides is 1. The Morgan fingerprint density at radius 3 is 2.58 bits per heavy atom. The zero-order chi connectivity index (χ0) is 16.8. The van der Waals surface area contributed by atoms with Crippen LogP contribution in [0.25, 0.3) is 0 Å². The fourth-order valence-electron chi connectivity index (χ4n) is 2.69. The van der Waals surface area contributed by atoms with Gasteiger partial charge in [-0.15, -0.1) is 0 Å². The number of nitrogens with zero attached hydrogens (tertiary/aromatic N) is 4. The highest BCUT2D eigenvalue weighted by molar-refractivity contribution is 5.94. The zero-order valence-electron chi connectivity index (χ0n) is 13.9. The molecule has 3 rings (SSSR count). The van der Waals surface area contributed by atoms with Crippen molar-refractivity contribution in [3.63, 3.8) is 0 Å². The molecule has 0 unspecified atom stereocenters. The second-order valence-electron chi connectivity index (χ2n) is 5.70. The smallest absolute Gasteiger partial charge is 0.254 e. The number of rotatable bonds is 5. The van der Waals surface area contributed by atoms with Crippen molar-refractivity contribution in [2.45, 2.75) is 13.3 Å². The predicted molar refractivity (Wildman–Crippen MR) is 92.4 cm³/mol. The van der Waals surface area contributed by atoms with Crippen molar-refractivity contribution < 1.29 is 9.53 Å². The van der Waals surface area contributed by atoms with Gasteiger partial charge in [0.2, 0.25) is 5.95 Å². The Kier molecular flexibility index (Phi) is 5.25. The first-order valence-corrected chi connectivity index (χ1v) is 8.32. The summed E-state index contributed by atoms with van der Waals surface area (Å²) in [6, 6.07) is 9.22. The molecule has 2 heterocycles. The summed E-state index contributed by atoms with van der Waals surface area (Å²) in [6.45, 7) is 5.52. The van der Waals surface area contributed by atoms with Crippen LogP contribution in [-0.4, -0.2) is 53.6 Å². The molecular formula is C18H22N4O2. The molecular weight excluding hydrogens is 304 g/mol. The number of carbonyl (C=O) groups excluding carboxylic acids is 1. The molecule has 1 aliphatic rings. The number of benzene rings is 1. The lowest BCUT2D eigenvalue weighted by Gasteiger charge is -2.34. The summed E-state index contributed by atoms with van der Waals surface area (Å²) in [5, 5.41) is 0. The molecule has 1 amide bonds. The molecule has 0 N–H and O–H groups in total. The summed E-state index contributed by atoms with van der Waals surface area (Å²) in [5.74, 6) is 1.52. The van der Waals surface area contributed by atoms with E-state index in [2.05, 4.69) is 21.8 Å². The van der Waals surface area contributed by atoms with Gasteiger partial charge in [-0.05, 0) is 30.7 Å². The number of piperazine rings is 1. The number of hydrogen-bond acceptors (Lipinski definition) is 5. The van der Waals surface area contributed by atoms with Crippen LogP contribution in [0.4, 0.5) is 5.95 Å². The highest BCUT2D eigenvalue weighted by atomic mass is 16.5. The Bertz CT molecular complexity index is 670. The van der Waals surface area contributed by atoms with Gasteiger partial charge >= 0.3 is 0 Å². The Balaban J connectivity index is 1.61. The van der Waals surface area contributed by atoms with Crippen molar-refractivity contribution >= 4 is 11.9 Å². The number of carbonyl (C=O) groups is 1. The highest BCUT2D eigenvalue weighted by Crippen LogP contribution is 2.17. The molecule has 1 aliphatic heterocycles. The lowest BCUT2D eigenvalue weighted by molar-refractivity contribution is 0.0745. The number of ether oxygens (including phenoxy) is 1. The molecule has 0 aliphatic carbocycles. The molecule has 1 fully saturated rings. The fraction of sp³-hybridized carbons (Fsp3) is 0.389. The molecule has 24 heavy (non-hydrogen) atoms. The van der Waals surface area contributed by atoms with E-state index in [1.807, 2.05) is 29.2 Å². The Morgan fingerprint density at radius 2 is 1.88 bits per heavy atom. The number of anilines is 1. The molecule has 6 heteroatoms. The third kappa shape index (κ3) is 3.82. The molecule has 1 saturated heterocycles. The van der Waals surface area contributed by atoms with E-state index in [0.29, 0.717) is 25.3 Å². The van der Waals surface area contributed by atoms with Crippen LogP contribution in [-0.2, 0) is 0 Å². The van der Waals surface area contributed by atoms with E-state index in [0.717, 1.165) is 31.2 Å². The average molecular weight is 326 g/mol. The molecule has 0 spiro atoms. The van der Waals surface area contributed by atoms with Crippen molar-refractivity contribution in [3.8, 4) is 5.75 Å². The topological polar surface area (TPSA) is 58.6 Å². The molecule has 1 aromatic heterocycles. The van der Waals surface area contributed by atoms with Crippen LogP contribution in [0.5, 0.6) is 5.75 Å². The number of aromatic nitrogens is 2. The molecule has 0 saturated carbocycles. The Hall–Kier alpha value is -2.63. The normalized spacial score (nSPS) is 14.5. The van der Waals surface area contributed by atoms with Crippen molar-refractivity contribution in [2.75, 3.05) is 37.7 Å². The van der Waals surface area contributed by atoms with E-state index < -0.39 is 0 Å². The minimum Gasteiger partial charge on any atom is -0.494 e. The summed E-state index contributed by atoms with van der Waals surface area (Å²) in [4.78, 5) is 25.2. The van der Waals surface area contributed by atoms with Crippen molar-refractivity contribution in [2.24, 2.45) is 0 Å². The average Bonchev–Trinajstić information content (AvgIpc) is 2.67. The van der Waals surface area contributed by atoms with Gasteiger partial charge < -0.3 is 14.5 Å². The van der Waals surface area contributed by atoms with Gasteiger partial charge in [0.05, 0.1) is 6.61 Å². The zero-order valence-corrected chi connectivity index (χ0v) is 13.9. The van der Waals surface area contributed by atoms with Gasteiger partial charge in [-0.25, -0.2) is 9.97 Å². The van der Waals surface area contributed by atoms with Crippen LogP contribution < -0.4 is 9.64 Å². The minimum atomic E-state index is 0.0468. The van der Waals surface area contributed by atoms with Gasteiger partial charge in [0, 0.05) is 44.1 Å². The first-order chi connectivity index (χ1) is 11.8. The Labute approximate surface area is 142 Å². The van der Waals surface area contributed by atoms with Crippen LogP contribution in [0.2, 0.25) is 0 Å². The van der Waals surface area contributed by atoms with E-state index in [1.54, 1.807) is 18.5 Å².